The van der Waals surface area contributed by atoms with Crippen molar-refractivity contribution in [3.63, 3.8) is 0 Å². The van der Waals surface area contributed by atoms with E-state index in [4.69, 9.17) is 0 Å². The van der Waals surface area contributed by atoms with Gasteiger partial charge in [0.15, 0.2) is 17.5 Å². The van der Waals surface area contributed by atoms with Crippen molar-refractivity contribution in [1.82, 2.24) is 9.80 Å². The predicted octanol–water partition coefficient (Wildman–Crippen LogP) is 2.19. The van der Waals surface area contributed by atoms with E-state index in [9.17, 15) is 22.8 Å². The Kier molecular flexibility index (Phi) is 5.05. The second-order valence-corrected chi connectivity index (χ2v) is 5.10. The lowest BCUT2D eigenvalue weighted by Gasteiger charge is -2.22. The highest BCUT2D eigenvalue weighted by atomic mass is 19.2. The fourth-order valence-corrected chi connectivity index (χ4v) is 2.45. The largest absolute Gasteiger partial charge is 0.341 e. The molecule has 120 valence electrons. The third kappa shape index (κ3) is 3.23. The summed E-state index contributed by atoms with van der Waals surface area (Å²) in [7, 11) is 0. The molecule has 2 rings (SSSR count). The second kappa shape index (κ2) is 6.81. The van der Waals surface area contributed by atoms with Gasteiger partial charge in [0.25, 0.3) is 5.91 Å². The minimum absolute atomic E-state index is 0.00620. The molecule has 1 heterocycles. The van der Waals surface area contributed by atoms with Crippen LogP contribution in [0.3, 0.4) is 0 Å². The lowest BCUT2D eigenvalue weighted by molar-refractivity contribution is -0.130. The number of nitrogens with zero attached hydrogens (tertiary/aromatic N) is 2. The van der Waals surface area contributed by atoms with E-state index >= 15 is 0 Å². The maximum absolute atomic E-state index is 13.7. The first-order valence-corrected chi connectivity index (χ1v) is 7.16. The fraction of sp³-hybridized carbons (Fsp3) is 0.467. The van der Waals surface area contributed by atoms with Crippen molar-refractivity contribution in [2.24, 2.45) is 0 Å². The zero-order valence-corrected chi connectivity index (χ0v) is 12.2. The Morgan fingerprint density at radius 3 is 2.32 bits per heavy atom. The zero-order chi connectivity index (χ0) is 16.3. The highest BCUT2D eigenvalue weighted by molar-refractivity contribution is 5.94. The lowest BCUT2D eigenvalue weighted by Crippen LogP contribution is -2.37. The van der Waals surface area contributed by atoms with Gasteiger partial charge in [-0.3, -0.25) is 9.59 Å². The zero-order valence-electron chi connectivity index (χ0n) is 12.2. The quantitative estimate of drug-likeness (QED) is 0.785. The van der Waals surface area contributed by atoms with Crippen molar-refractivity contribution in [1.29, 1.82) is 0 Å². The summed E-state index contributed by atoms with van der Waals surface area (Å²) in [6, 6.07) is 1.67. The van der Waals surface area contributed by atoms with Crippen molar-refractivity contribution in [3.05, 3.63) is 35.1 Å². The first-order valence-electron chi connectivity index (χ1n) is 7.16. The van der Waals surface area contributed by atoms with Gasteiger partial charge in [-0.05, 0) is 18.6 Å². The maximum atomic E-state index is 13.7. The molecule has 0 radical (unpaired) electrons. The average molecular weight is 314 g/mol. The van der Waals surface area contributed by atoms with Gasteiger partial charge in [-0.1, -0.05) is 6.92 Å². The monoisotopic (exact) mass is 314 g/mol. The summed E-state index contributed by atoms with van der Waals surface area (Å²) in [6.07, 6.45) is 0.939. The van der Waals surface area contributed by atoms with Crippen LogP contribution in [0.2, 0.25) is 0 Å². The second-order valence-electron chi connectivity index (χ2n) is 5.10. The van der Waals surface area contributed by atoms with Crippen molar-refractivity contribution >= 4 is 11.8 Å². The molecule has 0 spiro atoms. The van der Waals surface area contributed by atoms with E-state index in [2.05, 4.69) is 0 Å². The van der Waals surface area contributed by atoms with Crippen LogP contribution in [-0.4, -0.2) is 47.8 Å². The third-order valence-electron chi connectivity index (χ3n) is 3.70. The van der Waals surface area contributed by atoms with Crippen LogP contribution in [0.5, 0.6) is 0 Å². The Balaban J connectivity index is 2.14. The van der Waals surface area contributed by atoms with Gasteiger partial charge in [-0.15, -0.1) is 0 Å². The summed E-state index contributed by atoms with van der Waals surface area (Å²) < 4.78 is 39.9. The molecule has 1 aromatic rings. The third-order valence-corrected chi connectivity index (χ3v) is 3.70. The first-order chi connectivity index (χ1) is 10.5. The van der Waals surface area contributed by atoms with Gasteiger partial charge in [-0.25, -0.2) is 13.2 Å². The summed E-state index contributed by atoms with van der Waals surface area (Å²) in [5.41, 5.74) is -0.492. The average Bonchev–Trinajstić information content (AvgIpc) is 2.77. The van der Waals surface area contributed by atoms with E-state index in [-0.39, 0.29) is 12.5 Å². The SMILES string of the molecule is CCC(=O)N1CCCN(C(=O)c2ccc(F)c(F)c2F)CC1. The molecule has 1 fully saturated rings. The van der Waals surface area contributed by atoms with Crippen molar-refractivity contribution < 1.29 is 22.8 Å². The molecule has 2 amide bonds. The number of halogens is 3. The standard InChI is InChI=1S/C15H17F3N2O2/c1-2-12(21)19-6-3-7-20(9-8-19)15(22)10-4-5-11(16)14(18)13(10)17/h4-5H,2-3,6-9H2,1H3. The van der Waals surface area contributed by atoms with E-state index < -0.39 is 28.9 Å². The Morgan fingerprint density at radius 1 is 1.00 bits per heavy atom. The van der Waals surface area contributed by atoms with Crippen molar-refractivity contribution in [2.75, 3.05) is 26.2 Å². The number of hydrogen-bond acceptors (Lipinski definition) is 2. The van der Waals surface area contributed by atoms with E-state index in [0.29, 0.717) is 32.5 Å². The van der Waals surface area contributed by atoms with Crippen LogP contribution < -0.4 is 0 Å². The van der Waals surface area contributed by atoms with Crippen LogP contribution in [0.15, 0.2) is 12.1 Å². The minimum atomic E-state index is -1.65. The molecule has 22 heavy (non-hydrogen) atoms. The molecule has 0 unspecified atom stereocenters. The minimum Gasteiger partial charge on any atom is -0.341 e. The summed E-state index contributed by atoms with van der Waals surface area (Å²) in [4.78, 5) is 27.0. The van der Waals surface area contributed by atoms with Gasteiger partial charge < -0.3 is 9.80 Å². The molecule has 0 bridgehead atoms. The Hall–Kier alpha value is -2.05. The van der Waals surface area contributed by atoms with Gasteiger partial charge in [0.1, 0.15) is 0 Å². The van der Waals surface area contributed by atoms with Gasteiger partial charge in [-0.2, -0.15) is 0 Å². The van der Waals surface area contributed by atoms with Crippen LogP contribution in [0, 0.1) is 17.5 Å². The molecule has 0 atom stereocenters. The van der Waals surface area contributed by atoms with Crippen LogP contribution in [0.25, 0.3) is 0 Å². The Morgan fingerprint density at radius 2 is 1.64 bits per heavy atom. The normalized spacial score (nSPS) is 15.6. The van der Waals surface area contributed by atoms with Gasteiger partial charge in [0, 0.05) is 32.6 Å². The maximum Gasteiger partial charge on any atom is 0.257 e. The number of hydrogen-bond donors (Lipinski definition) is 0. The summed E-state index contributed by atoms with van der Waals surface area (Å²) in [5.74, 6) is -5.15. The summed E-state index contributed by atoms with van der Waals surface area (Å²) in [5, 5.41) is 0. The first kappa shape index (κ1) is 16.3. The molecule has 1 saturated heterocycles. The number of amides is 2. The van der Waals surface area contributed by atoms with E-state index in [1.165, 1.54) is 4.90 Å². The van der Waals surface area contributed by atoms with Crippen LogP contribution >= 0.6 is 0 Å². The smallest absolute Gasteiger partial charge is 0.257 e. The van der Waals surface area contributed by atoms with Gasteiger partial charge >= 0.3 is 0 Å². The summed E-state index contributed by atoms with van der Waals surface area (Å²) >= 11 is 0. The Bertz CT molecular complexity index is 592. The molecule has 1 aliphatic heterocycles. The highest BCUT2D eigenvalue weighted by Crippen LogP contribution is 2.18. The molecular weight excluding hydrogens is 297 g/mol. The molecule has 0 aromatic heterocycles. The number of benzene rings is 1. The summed E-state index contributed by atoms with van der Waals surface area (Å²) in [6.45, 7) is 3.21. The highest BCUT2D eigenvalue weighted by Gasteiger charge is 2.26. The molecule has 0 saturated carbocycles. The van der Waals surface area contributed by atoms with Crippen LogP contribution in [-0.2, 0) is 4.79 Å². The topological polar surface area (TPSA) is 40.6 Å². The molecule has 0 N–H and O–H groups in total. The van der Waals surface area contributed by atoms with Crippen molar-refractivity contribution in [3.8, 4) is 0 Å². The fourth-order valence-electron chi connectivity index (χ4n) is 2.45. The molecular formula is C15H17F3N2O2. The van der Waals surface area contributed by atoms with Crippen LogP contribution in [0.4, 0.5) is 13.2 Å². The number of carbonyl (C=O) groups excluding carboxylic acids is 2. The Labute approximate surface area is 126 Å². The lowest BCUT2D eigenvalue weighted by atomic mass is 10.1. The molecule has 0 aliphatic carbocycles. The van der Waals surface area contributed by atoms with E-state index in [1.807, 2.05) is 0 Å². The molecule has 7 heteroatoms. The van der Waals surface area contributed by atoms with Crippen molar-refractivity contribution in [2.45, 2.75) is 19.8 Å². The predicted molar refractivity (Wildman–Crippen MR) is 73.7 cm³/mol. The molecule has 4 nitrogen and oxygen atoms in total. The number of carbonyl (C=O) groups is 2. The molecule has 1 aromatic carbocycles. The van der Waals surface area contributed by atoms with Gasteiger partial charge in [0.2, 0.25) is 5.91 Å². The number of rotatable bonds is 2. The molecule has 1 aliphatic rings. The van der Waals surface area contributed by atoms with Crippen LogP contribution in [0.1, 0.15) is 30.1 Å². The van der Waals surface area contributed by atoms with E-state index in [0.717, 1.165) is 12.1 Å². The van der Waals surface area contributed by atoms with E-state index in [1.54, 1.807) is 11.8 Å². The van der Waals surface area contributed by atoms with Gasteiger partial charge in [0.05, 0.1) is 5.56 Å².